The van der Waals surface area contributed by atoms with Gasteiger partial charge in [0.1, 0.15) is 5.82 Å². The van der Waals surface area contributed by atoms with Crippen LogP contribution in [0.2, 0.25) is 0 Å². The number of likely N-dealkylation sites (N-methyl/N-ethyl adjacent to an activating group) is 2. The molecule has 4 nitrogen and oxygen atoms in total. The molecular formula is C9H18N4S. The van der Waals surface area contributed by atoms with Crippen LogP contribution in [-0.4, -0.2) is 36.5 Å². The van der Waals surface area contributed by atoms with Crippen molar-refractivity contribution >= 4 is 16.7 Å². The number of nitrogens with zero attached hydrogens (tertiary/aromatic N) is 3. The predicted octanol–water partition coefficient (Wildman–Crippen LogP) is 1.15. The Kier molecular flexibility index (Phi) is 4.82. The molecule has 0 atom stereocenters. The van der Waals surface area contributed by atoms with Gasteiger partial charge in [-0.1, -0.05) is 6.92 Å². The molecule has 0 unspecified atom stereocenters. The molecule has 0 aromatic carbocycles. The number of hydrogen-bond donors (Lipinski definition) is 1. The maximum Gasteiger partial charge on any atom is 0.204 e. The van der Waals surface area contributed by atoms with Crippen LogP contribution in [0.1, 0.15) is 19.2 Å². The lowest BCUT2D eigenvalue weighted by Crippen LogP contribution is -2.26. The zero-order valence-electron chi connectivity index (χ0n) is 9.08. The van der Waals surface area contributed by atoms with Crippen LogP contribution in [-0.2, 0) is 6.42 Å². The van der Waals surface area contributed by atoms with Crippen LogP contribution in [0.4, 0.5) is 5.13 Å². The van der Waals surface area contributed by atoms with E-state index < -0.39 is 0 Å². The maximum atomic E-state index is 4.46. The number of nitrogens with one attached hydrogen (secondary N) is 1. The van der Waals surface area contributed by atoms with Crippen LogP contribution < -0.4 is 10.2 Å². The van der Waals surface area contributed by atoms with Gasteiger partial charge in [0, 0.05) is 38.1 Å². The molecule has 0 aliphatic heterocycles. The second-order valence-corrected chi connectivity index (χ2v) is 4.00. The van der Waals surface area contributed by atoms with Gasteiger partial charge >= 0.3 is 0 Å². The fraction of sp³-hybridized carbons (Fsp3) is 0.778. The summed E-state index contributed by atoms with van der Waals surface area (Å²) in [6, 6.07) is 0. The van der Waals surface area contributed by atoms with E-state index in [2.05, 4.69) is 26.5 Å². The highest BCUT2D eigenvalue weighted by molar-refractivity contribution is 7.09. The average Bonchev–Trinajstić information content (AvgIpc) is 2.63. The first-order valence-electron chi connectivity index (χ1n) is 4.96. The molecule has 0 fully saturated rings. The molecule has 0 spiro atoms. The van der Waals surface area contributed by atoms with Crippen LogP contribution in [0.25, 0.3) is 0 Å². The SMILES string of the molecule is CCCc1nsc(N(C)CCNC)n1. The standard InChI is InChI=1S/C9H18N4S/c1-4-5-8-11-9(14-12-8)13(3)7-6-10-2/h10H,4-7H2,1-3H3. The average molecular weight is 214 g/mol. The Balaban J connectivity index is 2.48. The third kappa shape index (κ3) is 3.23. The van der Waals surface area contributed by atoms with Gasteiger partial charge in [-0.25, -0.2) is 4.98 Å². The van der Waals surface area contributed by atoms with E-state index in [1.54, 1.807) is 0 Å². The molecule has 0 amide bonds. The quantitative estimate of drug-likeness (QED) is 0.771. The van der Waals surface area contributed by atoms with E-state index in [-0.39, 0.29) is 0 Å². The Hall–Kier alpha value is -0.680. The molecule has 14 heavy (non-hydrogen) atoms. The van der Waals surface area contributed by atoms with E-state index in [0.29, 0.717) is 0 Å². The molecule has 0 saturated carbocycles. The molecule has 80 valence electrons. The largest absolute Gasteiger partial charge is 0.349 e. The van der Waals surface area contributed by atoms with E-state index in [4.69, 9.17) is 0 Å². The summed E-state index contributed by atoms with van der Waals surface area (Å²) in [6.45, 7) is 4.09. The molecular weight excluding hydrogens is 196 g/mol. The first-order chi connectivity index (χ1) is 6.77. The summed E-state index contributed by atoms with van der Waals surface area (Å²) in [7, 11) is 4.00. The van der Waals surface area contributed by atoms with Gasteiger partial charge in [-0.3, -0.25) is 0 Å². The van der Waals surface area contributed by atoms with Gasteiger partial charge in [-0.2, -0.15) is 4.37 Å². The molecule has 0 aliphatic rings. The molecule has 1 aromatic rings. The van der Waals surface area contributed by atoms with Gasteiger partial charge < -0.3 is 10.2 Å². The van der Waals surface area contributed by atoms with Crippen molar-refractivity contribution in [3.05, 3.63) is 5.82 Å². The zero-order chi connectivity index (χ0) is 10.4. The predicted molar refractivity (Wildman–Crippen MR) is 61.1 cm³/mol. The lowest BCUT2D eigenvalue weighted by atomic mass is 10.3. The van der Waals surface area contributed by atoms with E-state index in [1.807, 2.05) is 14.1 Å². The molecule has 0 radical (unpaired) electrons. The summed E-state index contributed by atoms with van der Waals surface area (Å²) in [5.41, 5.74) is 0. The fourth-order valence-electron chi connectivity index (χ4n) is 1.10. The summed E-state index contributed by atoms with van der Waals surface area (Å²) in [5.74, 6) is 0.976. The normalized spacial score (nSPS) is 10.5. The van der Waals surface area contributed by atoms with Crippen molar-refractivity contribution in [3.63, 3.8) is 0 Å². The van der Waals surface area contributed by atoms with E-state index in [1.165, 1.54) is 11.5 Å². The van der Waals surface area contributed by atoms with Crippen molar-refractivity contribution in [1.29, 1.82) is 0 Å². The van der Waals surface area contributed by atoms with Crippen LogP contribution >= 0.6 is 11.5 Å². The first-order valence-corrected chi connectivity index (χ1v) is 5.73. The van der Waals surface area contributed by atoms with Gasteiger partial charge in [0.05, 0.1) is 0 Å². The van der Waals surface area contributed by atoms with Crippen LogP contribution in [0, 0.1) is 0 Å². The minimum Gasteiger partial charge on any atom is -0.349 e. The van der Waals surface area contributed by atoms with E-state index in [0.717, 1.165) is 36.9 Å². The van der Waals surface area contributed by atoms with Crippen molar-refractivity contribution in [2.45, 2.75) is 19.8 Å². The zero-order valence-corrected chi connectivity index (χ0v) is 9.89. The molecule has 1 heterocycles. The Labute approximate surface area is 89.5 Å². The Morgan fingerprint density at radius 3 is 2.93 bits per heavy atom. The molecule has 0 aliphatic carbocycles. The number of anilines is 1. The minimum atomic E-state index is 0.970. The van der Waals surface area contributed by atoms with Crippen LogP contribution in [0.15, 0.2) is 0 Å². The van der Waals surface area contributed by atoms with Crippen LogP contribution in [0.3, 0.4) is 0 Å². The van der Waals surface area contributed by atoms with Crippen molar-refractivity contribution in [1.82, 2.24) is 14.7 Å². The number of rotatable bonds is 6. The third-order valence-electron chi connectivity index (χ3n) is 1.95. The summed E-state index contributed by atoms with van der Waals surface area (Å²) in [6.07, 6.45) is 2.09. The lowest BCUT2D eigenvalue weighted by molar-refractivity contribution is 0.763. The van der Waals surface area contributed by atoms with Gasteiger partial charge in [-0.05, 0) is 13.5 Å². The van der Waals surface area contributed by atoms with E-state index >= 15 is 0 Å². The van der Waals surface area contributed by atoms with Gasteiger partial charge in [-0.15, -0.1) is 0 Å². The Morgan fingerprint density at radius 1 is 1.50 bits per heavy atom. The van der Waals surface area contributed by atoms with Crippen molar-refractivity contribution in [3.8, 4) is 0 Å². The molecule has 0 saturated heterocycles. The topological polar surface area (TPSA) is 41.1 Å². The summed E-state index contributed by atoms with van der Waals surface area (Å²) in [4.78, 5) is 6.59. The number of aryl methyl sites for hydroxylation is 1. The van der Waals surface area contributed by atoms with Gasteiger partial charge in [0.25, 0.3) is 0 Å². The van der Waals surface area contributed by atoms with Crippen molar-refractivity contribution in [2.24, 2.45) is 0 Å². The molecule has 1 rings (SSSR count). The highest BCUT2D eigenvalue weighted by atomic mass is 32.1. The fourth-order valence-corrected chi connectivity index (χ4v) is 1.80. The molecule has 1 N–H and O–H groups in total. The van der Waals surface area contributed by atoms with Crippen molar-refractivity contribution in [2.75, 3.05) is 32.1 Å². The highest BCUT2D eigenvalue weighted by Gasteiger charge is 2.06. The molecule has 5 heteroatoms. The van der Waals surface area contributed by atoms with E-state index in [9.17, 15) is 0 Å². The summed E-state index contributed by atoms with van der Waals surface area (Å²) >= 11 is 1.49. The third-order valence-corrected chi connectivity index (χ3v) is 2.82. The summed E-state index contributed by atoms with van der Waals surface area (Å²) in [5, 5.41) is 4.13. The first kappa shape index (κ1) is 11.4. The Bertz CT molecular complexity index is 261. The second kappa shape index (κ2) is 5.93. The second-order valence-electron chi connectivity index (χ2n) is 3.27. The smallest absolute Gasteiger partial charge is 0.204 e. The molecule has 0 bridgehead atoms. The van der Waals surface area contributed by atoms with Crippen LogP contribution in [0.5, 0.6) is 0 Å². The minimum absolute atomic E-state index is 0.970. The monoisotopic (exact) mass is 214 g/mol. The van der Waals surface area contributed by atoms with Gasteiger partial charge in [0.2, 0.25) is 5.13 Å². The number of hydrogen-bond acceptors (Lipinski definition) is 5. The lowest BCUT2D eigenvalue weighted by Gasteiger charge is -2.13. The van der Waals surface area contributed by atoms with Crippen molar-refractivity contribution < 1.29 is 0 Å². The van der Waals surface area contributed by atoms with Gasteiger partial charge in [0.15, 0.2) is 0 Å². The maximum absolute atomic E-state index is 4.46. The Morgan fingerprint density at radius 2 is 2.29 bits per heavy atom. The number of aromatic nitrogens is 2. The molecule has 1 aromatic heterocycles. The summed E-state index contributed by atoms with van der Waals surface area (Å²) < 4.78 is 4.30. The highest BCUT2D eigenvalue weighted by Crippen LogP contribution is 2.15.